The predicted octanol–water partition coefficient (Wildman–Crippen LogP) is -5.04. The molecule has 4 rings (SSSR count). The van der Waals surface area contributed by atoms with Crippen molar-refractivity contribution in [1.82, 2.24) is 16.0 Å². The first kappa shape index (κ1) is 48.9. The van der Waals surface area contributed by atoms with Gasteiger partial charge in [0.05, 0.1) is 35.9 Å². The number of aromatic hydroxyl groups is 6. The van der Waals surface area contributed by atoms with E-state index in [9.17, 15) is 90.0 Å². The van der Waals surface area contributed by atoms with Crippen LogP contribution in [-0.4, -0.2) is 161 Å². The number of esters is 2. The van der Waals surface area contributed by atoms with Gasteiger partial charge in [0.2, 0.25) is 0 Å². The number of benzene rings is 3. The number of rotatable bonds is 16. The van der Waals surface area contributed by atoms with Gasteiger partial charge in [-0.05, 0) is 42.0 Å². The molecule has 1 fully saturated rings. The number of nitrogens with one attached hydrogen (secondary N) is 3. The maximum absolute atomic E-state index is 13.3. The molecule has 1 saturated heterocycles. The zero-order chi connectivity index (χ0) is 44.6. The second-order valence-electron chi connectivity index (χ2n) is 12.9. The van der Waals surface area contributed by atoms with Crippen LogP contribution in [0, 0.1) is 0 Å². The number of aliphatic carboxylic acids is 1. The molecule has 24 nitrogen and oxygen atoms in total. The average molecular weight is 905 g/mol. The van der Waals surface area contributed by atoms with E-state index in [4.69, 9.17) is 14.2 Å². The summed E-state index contributed by atoms with van der Waals surface area (Å²) in [4.78, 5) is 77.1. The number of phenols is 6. The molecule has 0 radical (unpaired) electrons. The summed E-state index contributed by atoms with van der Waals surface area (Å²) >= 11 is 0. The molecular formula is C36H38FeN3O21-. The molecule has 0 bridgehead atoms. The van der Waals surface area contributed by atoms with Gasteiger partial charge in [0.1, 0.15) is 49.8 Å². The van der Waals surface area contributed by atoms with Crippen molar-refractivity contribution in [2.24, 2.45) is 0 Å². The van der Waals surface area contributed by atoms with Crippen LogP contribution in [0.3, 0.4) is 0 Å². The first-order valence-electron chi connectivity index (χ1n) is 17.3. The molecule has 332 valence electrons. The Labute approximate surface area is 352 Å². The molecule has 25 heteroatoms. The fraction of sp³-hybridized carbons (Fsp3) is 0.333. The molecule has 8 atom stereocenters. The van der Waals surface area contributed by atoms with Gasteiger partial charge in [0.15, 0.2) is 46.6 Å². The summed E-state index contributed by atoms with van der Waals surface area (Å²) in [6.45, 7) is -4.47. The second kappa shape index (κ2) is 21.2. The standard InChI is InChI=1S/C36H39N3O21.Fe/c40-9-17(37-31(51)14-3-1-5-20(42)24(14)45)35(56)59-12-19(39-32(52)15-4-2-6-21(43)25(15)46)36(57)58-11-18(34(54)55)38-33(53)16-7-13(8-22(44)26(16)47)30-29(50)28(49)27(48)23(10-41)60-30;/h1-8,17-19,23,27-30,40-50H,9-12H2,(H,37,51)(H,38,53)(H,39,52)(H,54,55);/p-1/t17-,18-,19-,23+,27+,28-,29+,30-;/m0./s1. The molecule has 3 aromatic rings. The number of carbonyl (C=O) groups is 6. The zero-order valence-electron chi connectivity index (χ0n) is 30.9. The van der Waals surface area contributed by atoms with Gasteiger partial charge in [-0.1, -0.05) is 12.1 Å². The van der Waals surface area contributed by atoms with Gasteiger partial charge >= 0.3 is 11.9 Å². The van der Waals surface area contributed by atoms with E-state index in [0.29, 0.717) is 0 Å². The minimum absolute atomic E-state index is 0. The maximum atomic E-state index is 13.3. The molecule has 0 aromatic heterocycles. The number of hydrogen-bond donors (Lipinski definition) is 14. The number of hydrogen-bond acceptors (Lipinski definition) is 21. The molecule has 3 amide bonds. The number of ether oxygens (including phenoxy) is 3. The number of para-hydroxylation sites is 2. The van der Waals surface area contributed by atoms with E-state index in [0.717, 1.165) is 42.5 Å². The molecular weight excluding hydrogens is 866 g/mol. The Kier molecular flexibility index (Phi) is 17.0. The van der Waals surface area contributed by atoms with Crippen LogP contribution in [0.4, 0.5) is 0 Å². The Balaban J connectivity index is 0.00000992. The number of phenolic OH excluding ortho intramolecular Hbond substituents is 6. The van der Waals surface area contributed by atoms with Crippen molar-refractivity contribution < 1.29 is 121 Å². The van der Waals surface area contributed by atoms with Crippen LogP contribution in [0.2, 0.25) is 0 Å². The summed E-state index contributed by atoms with van der Waals surface area (Å²) in [5, 5.41) is 128. The normalized spacial score (nSPS) is 19.8. The van der Waals surface area contributed by atoms with Crippen LogP contribution >= 0.6 is 0 Å². The number of aliphatic hydroxyl groups excluding tert-OH is 5. The minimum Gasteiger partial charge on any atom is -0.548 e. The number of aliphatic hydroxyl groups is 5. The summed E-state index contributed by atoms with van der Waals surface area (Å²) in [5.41, 5.74) is -2.33. The van der Waals surface area contributed by atoms with E-state index in [2.05, 4.69) is 0 Å². The third-order valence-corrected chi connectivity index (χ3v) is 8.83. The number of carboxylic acid groups (broad SMARTS) is 1. The minimum atomic E-state index is -2.28. The van der Waals surface area contributed by atoms with Crippen molar-refractivity contribution in [2.45, 2.75) is 48.6 Å². The quantitative estimate of drug-likeness (QED) is 0.0363. The largest absolute Gasteiger partial charge is 0.548 e. The number of carboxylic acids is 1. The van der Waals surface area contributed by atoms with Crippen LogP contribution in [0.25, 0.3) is 0 Å². The molecule has 3 aromatic carbocycles. The van der Waals surface area contributed by atoms with Gasteiger partial charge in [0, 0.05) is 17.1 Å². The van der Waals surface area contributed by atoms with Crippen molar-refractivity contribution in [3.05, 3.63) is 70.8 Å². The molecule has 0 saturated carbocycles. The van der Waals surface area contributed by atoms with E-state index in [-0.39, 0.29) is 22.6 Å². The smallest absolute Gasteiger partial charge is 0.332 e. The SMILES string of the molecule is O=C(N[C@@H](COC(=O)[C@H](COC(=O)[C@H](CO)NC(=O)c1cccc(O)c1O)NC(=O)c1cccc(O)c1O)C(=O)[O-])c1cc([C@@H]2O[C@H](CO)[C@@H](O)[C@H](O)[C@H]2O)cc(O)c1O.[Fe]. The van der Waals surface area contributed by atoms with Crippen LogP contribution < -0.4 is 21.1 Å². The fourth-order valence-corrected chi connectivity index (χ4v) is 5.54. The molecule has 0 aliphatic carbocycles. The molecule has 0 spiro atoms. The average Bonchev–Trinajstić information content (AvgIpc) is 3.21. The van der Waals surface area contributed by atoms with Gasteiger partial charge in [-0.15, -0.1) is 0 Å². The molecule has 14 N–H and O–H groups in total. The first-order valence-corrected chi connectivity index (χ1v) is 17.3. The van der Waals surface area contributed by atoms with Crippen molar-refractivity contribution in [3.63, 3.8) is 0 Å². The topological polar surface area (TPSA) is 412 Å². The van der Waals surface area contributed by atoms with Crippen LogP contribution in [0.1, 0.15) is 42.7 Å². The predicted molar refractivity (Wildman–Crippen MR) is 190 cm³/mol. The van der Waals surface area contributed by atoms with Gasteiger partial charge < -0.3 is 96.2 Å². The van der Waals surface area contributed by atoms with E-state index in [1.807, 2.05) is 16.0 Å². The van der Waals surface area contributed by atoms with Crippen LogP contribution in [0.15, 0.2) is 48.5 Å². The molecule has 1 aliphatic rings. The molecule has 0 unspecified atom stereocenters. The maximum Gasteiger partial charge on any atom is 0.332 e. The summed E-state index contributed by atoms with van der Waals surface area (Å²) in [5.74, 6) is -14.5. The monoisotopic (exact) mass is 904 g/mol. The van der Waals surface area contributed by atoms with Gasteiger partial charge in [0.25, 0.3) is 17.7 Å². The Morgan fingerprint density at radius 2 is 1.08 bits per heavy atom. The van der Waals surface area contributed by atoms with Crippen molar-refractivity contribution in [3.8, 4) is 34.5 Å². The zero-order valence-corrected chi connectivity index (χ0v) is 32.0. The summed E-state index contributed by atoms with van der Waals surface area (Å²) in [6, 6.07) is 1.70. The Hall–Kier alpha value is -6.44. The van der Waals surface area contributed by atoms with Crippen LogP contribution in [0.5, 0.6) is 34.5 Å². The number of amides is 3. The number of carbonyl (C=O) groups excluding carboxylic acids is 6. The van der Waals surface area contributed by atoms with Gasteiger partial charge in [-0.25, -0.2) is 9.59 Å². The third kappa shape index (κ3) is 11.4. The van der Waals surface area contributed by atoms with Crippen molar-refractivity contribution >= 4 is 35.6 Å². The Bertz CT molecular complexity index is 2120. The van der Waals surface area contributed by atoms with E-state index in [1.54, 1.807) is 0 Å². The van der Waals surface area contributed by atoms with E-state index < -0.39 is 162 Å². The Morgan fingerprint density at radius 3 is 1.59 bits per heavy atom. The van der Waals surface area contributed by atoms with Crippen LogP contribution in [-0.2, 0) is 45.7 Å². The van der Waals surface area contributed by atoms with Gasteiger partial charge in [-0.3, -0.25) is 14.4 Å². The summed E-state index contributed by atoms with van der Waals surface area (Å²) in [6.07, 6.45) is -8.63. The summed E-state index contributed by atoms with van der Waals surface area (Å²) < 4.78 is 15.3. The Morgan fingerprint density at radius 1 is 0.623 bits per heavy atom. The second-order valence-corrected chi connectivity index (χ2v) is 12.9. The van der Waals surface area contributed by atoms with E-state index in [1.165, 1.54) is 6.07 Å². The fourth-order valence-electron chi connectivity index (χ4n) is 5.54. The molecule has 61 heavy (non-hydrogen) atoms. The summed E-state index contributed by atoms with van der Waals surface area (Å²) in [7, 11) is 0. The first-order chi connectivity index (χ1) is 28.3. The third-order valence-electron chi connectivity index (χ3n) is 8.83. The van der Waals surface area contributed by atoms with Crippen molar-refractivity contribution in [2.75, 3.05) is 26.4 Å². The van der Waals surface area contributed by atoms with Gasteiger partial charge in [-0.2, -0.15) is 0 Å². The van der Waals surface area contributed by atoms with Crippen molar-refractivity contribution in [1.29, 1.82) is 0 Å². The molecule has 1 heterocycles. The van der Waals surface area contributed by atoms with E-state index >= 15 is 0 Å². The molecule has 1 aliphatic heterocycles.